The minimum atomic E-state index is -3.78. The van der Waals surface area contributed by atoms with Crippen LogP contribution in [-0.2, 0) is 23.6 Å². The van der Waals surface area contributed by atoms with E-state index < -0.39 is 15.9 Å². The van der Waals surface area contributed by atoms with Crippen LogP contribution in [0.2, 0.25) is 0 Å². The molecule has 1 amide bonds. The SMILES string of the molecule is Cc1c(NC(=O)c2ccc(S(=O)(=O)NCc3ccco3)cc2)c(=O)n(-c2ccccc2)n1C. The van der Waals surface area contributed by atoms with E-state index in [0.29, 0.717) is 17.1 Å². The lowest BCUT2D eigenvalue weighted by atomic mass is 10.2. The number of amides is 1. The molecule has 0 radical (unpaired) electrons. The van der Waals surface area contributed by atoms with E-state index in [-0.39, 0.29) is 28.3 Å². The molecule has 4 aromatic rings. The van der Waals surface area contributed by atoms with E-state index in [2.05, 4.69) is 10.0 Å². The lowest BCUT2D eigenvalue weighted by molar-refractivity contribution is 0.102. The molecule has 2 aromatic carbocycles. The molecule has 2 heterocycles. The van der Waals surface area contributed by atoms with Crippen LogP contribution in [0.25, 0.3) is 5.69 Å². The largest absolute Gasteiger partial charge is 0.468 e. The first-order valence-electron chi connectivity index (χ1n) is 10.1. The molecular formula is C23H22N4O5S. The van der Waals surface area contributed by atoms with Gasteiger partial charge in [0.25, 0.3) is 11.5 Å². The summed E-state index contributed by atoms with van der Waals surface area (Å²) in [6, 6.07) is 17.9. The highest BCUT2D eigenvalue weighted by Crippen LogP contribution is 2.16. The standard InChI is InChI=1S/C23H22N4O5S/c1-16-21(23(29)27(26(16)2)18-7-4-3-5-8-18)25-22(28)17-10-12-20(13-11-17)33(30,31)24-15-19-9-6-14-32-19/h3-14,24H,15H2,1-2H3,(H,25,28). The normalized spacial score (nSPS) is 11.5. The van der Waals surface area contributed by atoms with Crippen LogP contribution in [0, 0.1) is 6.92 Å². The first-order chi connectivity index (χ1) is 15.8. The Kier molecular flexibility index (Phi) is 6.03. The maximum atomic E-state index is 13.0. The molecule has 0 aliphatic heterocycles. The van der Waals surface area contributed by atoms with Crippen molar-refractivity contribution in [1.82, 2.24) is 14.1 Å². The second-order valence-corrected chi connectivity index (χ2v) is 9.09. The van der Waals surface area contributed by atoms with Gasteiger partial charge in [-0.05, 0) is 55.5 Å². The Hall–Kier alpha value is -3.89. The van der Waals surface area contributed by atoms with Crippen molar-refractivity contribution in [3.63, 3.8) is 0 Å². The Morgan fingerprint density at radius 3 is 2.33 bits per heavy atom. The summed E-state index contributed by atoms with van der Waals surface area (Å²) >= 11 is 0. The van der Waals surface area contributed by atoms with E-state index in [1.807, 2.05) is 18.2 Å². The number of nitrogens with zero attached hydrogens (tertiary/aromatic N) is 2. The van der Waals surface area contributed by atoms with Gasteiger partial charge in [0.1, 0.15) is 11.4 Å². The number of para-hydroxylation sites is 1. The van der Waals surface area contributed by atoms with Gasteiger partial charge in [-0.15, -0.1) is 0 Å². The number of furan rings is 1. The Morgan fingerprint density at radius 2 is 1.70 bits per heavy atom. The second kappa shape index (κ2) is 8.93. The summed E-state index contributed by atoms with van der Waals surface area (Å²) in [5, 5.41) is 2.66. The van der Waals surface area contributed by atoms with Crippen molar-refractivity contribution in [1.29, 1.82) is 0 Å². The molecule has 4 rings (SSSR count). The third kappa shape index (κ3) is 4.52. The molecule has 0 spiro atoms. The van der Waals surface area contributed by atoms with Crippen LogP contribution < -0.4 is 15.6 Å². The van der Waals surface area contributed by atoms with Gasteiger partial charge in [-0.2, -0.15) is 0 Å². The molecule has 2 N–H and O–H groups in total. The summed E-state index contributed by atoms with van der Waals surface area (Å²) in [6.45, 7) is 1.75. The summed E-state index contributed by atoms with van der Waals surface area (Å²) in [5.74, 6) is -0.0394. The van der Waals surface area contributed by atoms with E-state index in [1.165, 1.54) is 35.2 Å². The van der Waals surface area contributed by atoms with Crippen molar-refractivity contribution in [2.75, 3.05) is 5.32 Å². The van der Waals surface area contributed by atoms with Crippen LogP contribution >= 0.6 is 0 Å². The molecule has 0 saturated heterocycles. The predicted octanol–water partition coefficient (Wildman–Crippen LogP) is 2.81. The Balaban J connectivity index is 1.52. The minimum Gasteiger partial charge on any atom is -0.468 e. The molecular weight excluding hydrogens is 444 g/mol. The molecule has 0 fully saturated rings. The zero-order valence-electron chi connectivity index (χ0n) is 18.0. The Bertz CT molecular complexity index is 1440. The van der Waals surface area contributed by atoms with E-state index in [0.717, 1.165) is 0 Å². The van der Waals surface area contributed by atoms with Gasteiger partial charge >= 0.3 is 0 Å². The van der Waals surface area contributed by atoms with Crippen molar-refractivity contribution < 1.29 is 17.6 Å². The first kappa shape index (κ1) is 22.3. The van der Waals surface area contributed by atoms with Crippen molar-refractivity contribution >= 4 is 21.6 Å². The molecule has 10 heteroatoms. The van der Waals surface area contributed by atoms with Crippen molar-refractivity contribution in [3.8, 4) is 5.69 Å². The number of nitrogens with one attached hydrogen (secondary N) is 2. The summed E-state index contributed by atoms with van der Waals surface area (Å²) < 4.78 is 35.6. The summed E-state index contributed by atoms with van der Waals surface area (Å²) in [7, 11) is -2.05. The van der Waals surface area contributed by atoms with E-state index in [9.17, 15) is 18.0 Å². The van der Waals surface area contributed by atoms with E-state index >= 15 is 0 Å². The Labute approximate surface area is 190 Å². The van der Waals surface area contributed by atoms with Crippen molar-refractivity contribution in [3.05, 3.63) is 100 Å². The fourth-order valence-corrected chi connectivity index (χ4v) is 4.34. The summed E-state index contributed by atoms with van der Waals surface area (Å²) in [5.41, 5.74) is 1.26. The third-order valence-corrected chi connectivity index (χ3v) is 6.65. The lowest BCUT2D eigenvalue weighted by Gasteiger charge is -2.07. The molecule has 0 aliphatic carbocycles. The highest BCUT2D eigenvalue weighted by atomic mass is 32.2. The topological polar surface area (TPSA) is 115 Å². The van der Waals surface area contributed by atoms with E-state index in [4.69, 9.17) is 4.42 Å². The molecule has 33 heavy (non-hydrogen) atoms. The fraction of sp³-hybridized carbons (Fsp3) is 0.130. The fourth-order valence-electron chi connectivity index (χ4n) is 3.35. The average Bonchev–Trinajstić information content (AvgIpc) is 3.41. The van der Waals surface area contributed by atoms with Crippen LogP contribution in [0.1, 0.15) is 21.8 Å². The maximum Gasteiger partial charge on any atom is 0.295 e. The molecule has 0 unspecified atom stereocenters. The number of anilines is 1. The molecule has 0 saturated carbocycles. The molecule has 2 aromatic heterocycles. The van der Waals surface area contributed by atoms with Gasteiger partial charge in [-0.25, -0.2) is 17.8 Å². The number of rotatable bonds is 7. The highest BCUT2D eigenvalue weighted by Gasteiger charge is 2.20. The smallest absolute Gasteiger partial charge is 0.295 e. The summed E-state index contributed by atoms with van der Waals surface area (Å²) in [6.07, 6.45) is 1.46. The molecule has 0 aliphatic rings. The number of sulfonamides is 1. The van der Waals surface area contributed by atoms with Gasteiger partial charge in [-0.3, -0.25) is 14.3 Å². The van der Waals surface area contributed by atoms with Gasteiger partial charge in [0.15, 0.2) is 0 Å². The quantitative estimate of drug-likeness (QED) is 0.435. The lowest BCUT2D eigenvalue weighted by Crippen LogP contribution is -2.24. The first-order valence-corrected chi connectivity index (χ1v) is 11.5. The Morgan fingerprint density at radius 1 is 1.00 bits per heavy atom. The third-order valence-electron chi connectivity index (χ3n) is 5.24. The van der Waals surface area contributed by atoms with Crippen molar-refractivity contribution in [2.45, 2.75) is 18.4 Å². The van der Waals surface area contributed by atoms with Gasteiger partial charge < -0.3 is 9.73 Å². The number of carbonyl (C=O) groups excluding carboxylic acids is 1. The van der Waals surface area contributed by atoms with Gasteiger partial charge in [0.05, 0.1) is 29.1 Å². The van der Waals surface area contributed by atoms with Crippen LogP contribution in [0.15, 0.2) is 87.1 Å². The van der Waals surface area contributed by atoms with Crippen LogP contribution in [0.3, 0.4) is 0 Å². The van der Waals surface area contributed by atoms with Gasteiger partial charge in [0.2, 0.25) is 10.0 Å². The number of carbonyl (C=O) groups is 1. The van der Waals surface area contributed by atoms with Gasteiger partial charge in [0, 0.05) is 12.6 Å². The van der Waals surface area contributed by atoms with Gasteiger partial charge in [-0.1, -0.05) is 18.2 Å². The number of hydrogen-bond acceptors (Lipinski definition) is 5. The predicted molar refractivity (Wildman–Crippen MR) is 123 cm³/mol. The maximum absolute atomic E-state index is 13.0. The zero-order valence-corrected chi connectivity index (χ0v) is 18.8. The van der Waals surface area contributed by atoms with E-state index in [1.54, 1.807) is 42.9 Å². The highest BCUT2D eigenvalue weighted by molar-refractivity contribution is 7.89. The van der Waals surface area contributed by atoms with Crippen LogP contribution in [0.5, 0.6) is 0 Å². The number of benzene rings is 2. The second-order valence-electron chi connectivity index (χ2n) is 7.32. The minimum absolute atomic E-state index is 0.00734. The zero-order chi connectivity index (χ0) is 23.6. The number of aromatic nitrogens is 2. The molecule has 170 valence electrons. The number of hydrogen-bond donors (Lipinski definition) is 2. The monoisotopic (exact) mass is 466 g/mol. The summed E-state index contributed by atoms with van der Waals surface area (Å²) in [4.78, 5) is 25.7. The average molecular weight is 467 g/mol. The molecule has 9 nitrogen and oxygen atoms in total. The van der Waals surface area contributed by atoms with Crippen LogP contribution in [0.4, 0.5) is 5.69 Å². The van der Waals surface area contributed by atoms with Crippen molar-refractivity contribution in [2.24, 2.45) is 7.05 Å². The molecule has 0 bridgehead atoms. The van der Waals surface area contributed by atoms with Crippen LogP contribution in [-0.4, -0.2) is 23.7 Å². The molecule has 0 atom stereocenters.